The van der Waals surface area contributed by atoms with Crippen LogP contribution < -0.4 is 0 Å². The molecule has 1 aromatic rings. The lowest BCUT2D eigenvalue weighted by Gasteiger charge is -2.15. The van der Waals surface area contributed by atoms with Gasteiger partial charge in [0.2, 0.25) is 0 Å². The zero-order valence-corrected chi connectivity index (χ0v) is 7.30. The van der Waals surface area contributed by atoms with E-state index in [1.54, 1.807) is 6.07 Å². The quantitative estimate of drug-likeness (QED) is 0.609. The summed E-state index contributed by atoms with van der Waals surface area (Å²) in [6.45, 7) is 0.578. The average molecular weight is 199 g/mol. The van der Waals surface area contributed by atoms with E-state index in [-0.39, 0.29) is 5.56 Å². The molecule has 14 heavy (non-hydrogen) atoms. The van der Waals surface area contributed by atoms with Crippen LogP contribution in [0.3, 0.4) is 0 Å². The summed E-state index contributed by atoms with van der Waals surface area (Å²) in [7, 11) is 0. The average Bonchev–Trinajstić information content (AvgIpc) is 2.15. The van der Waals surface area contributed by atoms with Gasteiger partial charge < -0.3 is 0 Å². The summed E-state index contributed by atoms with van der Waals surface area (Å²) in [6, 6.07) is 4.26. The Balaban J connectivity index is 2.58. The molecule has 0 aliphatic carbocycles. The molecule has 2 rings (SSSR count). The molecule has 1 aliphatic heterocycles. The monoisotopic (exact) mass is 199 g/mol. The van der Waals surface area contributed by atoms with E-state index >= 15 is 0 Å². The summed E-state index contributed by atoms with van der Waals surface area (Å²) in [5, 5.41) is 0. The maximum atomic E-state index is 12.5. The van der Waals surface area contributed by atoms with Crippen molar-refractivity contribution in [2.75, 3.05) is 6.54 Å². The Bertz CT molecular complexity index is 379. The standard InChI is InChI=1S/C10H8F3N/c11-10(12,13)9-3-1-2-7-4-5-14-6-8(7)9/h1-3,6H,4-5H2. The van der Waals surface area contributed by atoms with Crippen molar-refractivity contribution in [2.45, 2.75) is 12.6 Å². The van der Waals surface area contributed by atoms with Gasteiger partial charge in [-0.3, -0.25) is 4.99 Å². The summed E-state index contributed by atoms with van der Waals surface area (Å²) >= 11 is 0. The predicted octanol–water partition coefficient (Wildman–Crippen LogP) is 2.68. The van der Waals surface area contributed by atoms with Crippen molar-refractivity contribution in [1.82, 2.24) is 0 Å². The summed E-state index contributed by atoms with van der Waals surface area (Å²) < 4.78 is 37.5. The fourth-order valence-electron chi connectivity index (χ4n) is 1.57. The third kappa shape index (κ3) is 1.52. The van der Waals surface area contributed by atoms with Gasteiger partial charge in [0.15, 0.2) is 0 Å². The molecule has 1 nitrogen and oxygen atoms in total. The van der Waals surface area contributed by atoms with Gasteiger partial charge in [-0.2, -0.15) is 13.2 Å². The first-order valence-corrected chi connectivity index (χ1v) is 4.28. The van der Waals surface area contributed by atoms with Crippen LogP contribution in [0.25, 0.3) is 0 Å². The molecule has 0 unspecified atom stereocenters. The molecule has 0 N–H and O–H groups in total. The highest BCUT2D eigenvalue weighted by atomic mass is 19.4. The van der Waals surface area contributed by atoms with E-state index in [2.05, 4.69) is 4.99 Å². The van der Waals surface area contributed by atoms with Crippen molar-refractivity contribution in [3.05, 3.63) is 34.9 Å². The van der Waals surface area contributed by atoms with Crippen molar-refractivity contribution in [3.63, 3.8) is 0 Å². The van der Waals surface area contributed by atoms with Gasteiger partial charge in [-0.05, 0) is 18.1 Å². The number of hydrogen-bond donors (Lipinski definition) is 0. The molecule has 0 saturated carbocycles. The Labute approximate surface area is 79.3 Å². The SMILES string of the molecule is FC(F)(F)c1cccc2c1C=NCC2. The highest BCUT2D eigenvalue weighted by Gasteiger charge is 2.33. The van der Waals surface area contributed by atoms with Gasteiger partial charge >= 0.3 is 6.18 Å². The number of benzene rings is 1. The van der Waals surface area contributed by atoms with Crippen LogP contribution in [0.1, 0.15) is 16.7 Å². The molecule has 74 valence electrons. The lowest BCUT2D eigenvalue weighted by molar-refractivity contribution is -0.137. The second-order valence-electron chi connectivity index (χ2n) is 3.16. The number of rotatable bonds is 0. The Morgan fingerprint density at radius 2 is 2.00 bits per heavy atom. The number of nitrogens with zero attached hydrogens (tertiary/aromatic N) is 1. The first-order chi connectivity index (χ1) is 6.59. The largest absolute Gasteiger partial charge is 0.417 e. The molecular formula is C10H8F3N. The summed E-state index contributed by atoms with van der Waals surface area (Å²) in [5.41, 5.74) is 0.375. The number of fused-ring (bicyclic) bond motifs is 1. The normalized spacial score (nSPS) is 15.4. The van der Waals surface area contributed by atoms with Crippen LogP contribution >= 0.6 is 0 Å². The fourth-order valence-corrected chi connectivity index (χ4v) is 1.57. The smallest absolute Gasteiger partial charge is 0.292 e. The van der Waals surface area contributed by atoms with Gasteiger partial charge in [-0.15, -0.1) is 0 Å². The van der Waals surface area contributed by atoms with E-state index in [1.165, 1.54) is 12.3 Å². The second kappa shape index (κ2) is 3.12. The molecule has 0 saturated heterocycles. The summed E-state index contributed by atoms with van der Waals surface area (Å²) in [4.78, 5) is 3.87. The van der Waals surface area contributed by atoms with Crippen LogP contribution in [0.2, 0.25) is 0 Å². The van der Waals surface area contributed by atoms with Gasteiger partial charge in [-0.1, -0.05) is 12.1 Å². The molecule has 4 heteroatoms. The molecule has 0 aromatic heterocycles. The maximum Gasteiger partial charge on any atom is 0.417 e. The van der Waals surface area contributed by atoms with Crippen molar-refractivity contribution < 1.29 is 13.2 Å². The summed E-state index contributed by atoms with van der Waals surface area (Å²) in [6.07, 6.45) is -2.37. The third-order valence-electron chi connectivity index (χ3n) is 2.23. The van der Waals surface area contributed by atoms with Crippen LogP contribution in [-0.2, 0) is 12.6 Å². The molecule has 0 radical (unpaired) electrons. The minimum atomic E-state index is -4.28. The molecule has 0 amide bonds. The molecular weight excluding hydrogens is 191 g/mol. The Morgan fingerprint density at radius 3 is 2.71 bits per heavy atom. The number of halogens is 3. The van der Waals surface area contributed by atoms with E-state index in [0.717, 1.165) is 11.6 Å². The first-order valence-electron chi connectivity index (χ1n) is 4.28. The van der Waals surface area contributed by atoms with E-state index in [9.17, 15) is 13.2 Å². The summed E-state index contributed by atoms with van der Waals surface area (Å²) in [5.74, 6) is 0. The van der Waals surface area contributed by atoms with Crippen LogP contribution in [0.15, 0.2) is 23.2 Å². The molecule has 1 aromatic carbocycles. The fraction of sp³-hybridized carbons (Fsp3) is 0.300. The highest BCUT2D eigenvalue weighted by molar-refractivity contribution is 5.85. The van der Waals surface area contributed by atoms with Crippen LogP contribution in [0, 0.1) is 0 Å². The molecule has 0 spiro atoms. The Morgan fingerprint density at radius 1 is 1.21 bits per heavy atom. The van der Waals surface area contributed by atoms with Crippen molar-refractivity contribution in [1.29, 1.82) is 0 Å². The Hall–Kier alpha value is -1.32. The predicted molar refractivity (Wildman–Crippen MR) is 47.6 cm³/mol. The van der Waals surface area contributed by atoms with Crippen molar-refractivity contribution >= 4 is 6.21 Å². The third-order valence-corrected chi connectivity index (χ3v) is 2.23. The van der Waals surface area contributed by atoms with Gasteiger partial charge in [0.05, 0.1) is 5.56 Å². The van der Waals surface area contributed by atoms with E-state index in [1.807, 2.05) is 0 Å². The van der Waals surface area contributed by atoms with Crippen molar-refractivity contribution in [3.8, 4) is 0 Å². The number of aliphatic imine (C=N–C) groups is 1. The van der Waals surface area contributed by atoms with Crippen LogP contribution in [0.4, 0.5) is 13.2 Å². The van der Waals surface area contributed by atoms with E-state index in [0.29, 0.717) is 13.0 Å². The van der Waals surface area contributed by atoms with Crippen LogP contribution in [-0.4, -0.2) is 12.8 Å². The molecule has 0 fully saturated rings. The van der Waals surface area contributed by atoms with Gasteiger partial charge in [-0.25, -0.2) is 0 Å². The lowest BCUT2D eigenvalue weighted by atomic mass is 9.97. The minimum absolute atomic E-state index is 0.228. The molecule has 0 atom stereocenters. The second-order valence-corrected chi connectivity index (χ2v) is 3.16. The minimum Gasteiger partial charge on any atom is -0.292 e. The first kappa shape index (κ1) is 9.24. The van der Waals surface area contributed by atoms with E-state index < -0.39 is 11.7 Å². The topological polar surface area (TPSA) is 12.4 Å². The molecule has 1 aliphatic rings. The Kier molecular flexibility index (Phi) is 2.06. The van der Waals surface area contributed by atoms with Gasteiger partial charge in [0.1, 0.15) is 0 Å². The highest BCUT2D eigenvalue weighted by Crippen LogP contribution is 2.33. The van der Waals surface area contributed by atoms with Crippen LogP contribution in [0.5, 0.6) is 0 Å². The lowest BCUT2D eigenvalue weighted by Crippen LogP contribution is -2.13. The molecule has 0 bridgehead atoms. The number of hydrogen-bond acceptors (Lipinski definition) is 1. The van der Waals surface area contributed by atoms with Crippen molar-refractivity contribution in [2.24, 2.45) is 4.99 Å². The zero-order chi connectivity index (χ0) is 10.2. The molecule has 1 heterocycles. The zero-order valence-electron chi connectivity index (χ0n) is 7.30. The maximum absolute atomic E-state index is 12.5. The van der Waals surface area contributed by atoms with Gasteiger partial charge in [0, 0.05) is 18.3 Å². The van der Waals surface area contributed by atoms with Gasteiger partial charge in [0.25, 0.3) is 0 Å². The number of alkyl halides is 3. The van der Waals surface area contributed by atoms with E-state index in [4.69, 9.17) is 0 Å².